The van der Waals surface area contributed by atoms with Crippen LogP contribution in [-0.2, 0) is 17.8 Å². The summed E-state index contributed by atoms with van der Waals surface area (Å²) in [6.45, 7) is 0.343. The molecular weight excluding hydrogens is 450 g/mol. The molecule has 172 valence electrons. The first-order valence-corrected chi connectivity index (χ1v) is 10.7. The van der Waals surface area contributed by atoms with Crippen molar-refractivity contribution in [2.75, 3.05) is 20.8 Å². The number of nitro benzene ring substituents is 1. The molecule has 1 aromatic heterocycles. The molecule has 0 saturated carbocycles. The van der Waals surface area contributed by atoms with Crippen LogP contribution in [0.5, 0.6) is 11.5 Å². The molecule has 3 aromatic rings. The second-order valence-electron chi connectivity index (χ2n) is 6.74. The third-order valence-corrected chi connectivity index (χ3v) is 5.29. The van der Waals surface area contributed by atoms with Crippen molar-refractivity contribution in [1.82, 2.24) is 10.3 Å². The molecule has 0 unspecified atom stereocenters. The van der Waals surface area contributed by atoms with Crippen molar-refractivity contribution in [3.63, 3.8) is 0 Å². The molecule has 0 spiro atoms. The van der Waals surface area contributed by atoms with Crippen LogP contribution in [0.4, 0.5) is 5.69 Å². The Hall–Kier alpha value is -3.99. The predicted molar refractivity (Wildman–Crippen MR) is 120 cm³/mol. The van der Waals surface area contributed by atoms with Gasteiger partial charge in [0.2, 0.25) is 0 Å². The van der Waals surface area contributed by atoms with Gasteiger partial charge in [-0.05, 0) is 24.1 Å². The summed E-state index contributed by atoms with van der Waals surface area (Å²) in [5.41, 5.74) is 3.08. The van der Waals surface area contributed by atoms with Crippen molar-refractivity contribution < 1.29 is 28.7 Å². The van der Waals surface area contributed by atoms with Gasteiger partial charge in [-0.1, -0.05) is 12.1 Å². The second-order valence-corrected chi connectivity index (χ2v) is 7.46. The molecule has 0 atom stereocenters. The Morgan fingerprint density at radius 1 is 1.15 bits per heavy atom. The molecule has 0 fully saturated rings. The van der Waals surface area contributed by atoms with Crippen molar-refractivity contribution in [2.45, 2.75) is 13.0 Å². The Labute approximate surface area is 193 Å². The molecule has 1 heterocycles. The summed E-state index contributed by atoms with van der Waals surface area (Å²) in [6, 6.07) is 9.21. The van der Waals surface area contributed by atoms with Gasteiger partial charge in [-0.2, -0.15) is 0 Å². The van der Waals surface area contributed by atoms with Gasteiger partial charge in [0.25, 0.3) is 11.6 Å². The van der Waals surface area contributed by atoms with Crippen LogP contribution < -0.4 is 14.8 Å². The van der Waals surface area contributed by atoms with Crippen molar-refractivity contribution in [3.05, 3.63) is 79.8 Å². The van der Waals surface area contributed by atoms with Gasteiger partial charge in [0, 0.05) is 18.0 Å². The Kier molecular flexibility index (Phi) is 7.92. The normalized spacial score (nSPS) is 10.4. The Balaban J connectivity index is 1.69. The Morgan fingerprint density at radius 2 is 1.91 bits per heavy atom. The van der Waals surface area contributed by atoms with E-state index in [9.17, 15) is 19.7 Å². The largest absolute Gasteiger partial charge is 0.493 e. The van der Waals surface area contributed by atoms with Crippen LogP contribution in [0.1, 0.15) is 32.0 Å². The van der Waals surface area contributed by atoms with Gasteiger partial charge >= 0.3 is 5.97 Å². The van der Waals surface area contributed by atoms with Crippen LogP contribution in [0, 0.1) is 10.1 Å². The van der Waals surface area contributed by atoms with Crippen molar-refractivity contribution in [1.29, 1.82) is 0 Å². The second kappa shape index (κ2) is 11.0. The zero-order chi connectivity index (χ0) is 23.8. The molecule has 0 radical (unpaired) electrons. The number of benzene rings is 2. The van der Waals surface area contributed by atoms with Crippen LogP contribution in [0.3, 0.4) is 0 Å². The summed E-state index contributed by atoms with van der Waals surface area (Å²) < 4.78 is 15.5. The Bertz CT molecular complexity index is 1130. The van der Waals surface area contributed by atoms with E-state index in [0.717, 1.165) is 5.56 Å². The molecule has 0 aliphatic carbocycles. The summed E-state index contributed by atoms with van der Waals surface area (Å²) in [7, 11) is 2.69. The zero-order valence-electron chi connectivity index (χ0n) is 17.9. The van der Waals surface area contributed by atoms with E-state index >= 15 is 0 Å². The molecule has 0 bridgehead atoms. The fraction of sp³-hybridized carbons (Fsp3) is 0.227. The van der Waals surface area contributed by atoms with Crippen LogP contribution in [0.25, 0.3) is 0 Å². The smallest absolute Gasteiger partial charge is 0.337 e. The number of carbonyl (C=O) groups is 2. The topological polar surface area (TPSA) is 130 Å². The number of thiazole rings is 1. The summed E-state index contributed by atoms with van der Waals surface area (Å²) in [5, 5.41) is 16.1. The molecule has 3 rings (SSSR count). The predicted octanol–water partition coefficient (Wildman–Crippen LogP) is 3.40. The lowest BCUT2D eigenvalue weighted by Crippen LogP contribution is -2.26. The van der Waals surface area contributed by atoms with Crippen LogP contribution in [0.15, 0.2) is 47.3 Å². The lowest BCUT2D eigenvalue weighted by Gasteiger charge is -2.12. The number of nitrogens with one attached hydrogen (secondary N) is 1. The van der Waals surface area contributed by atoms with Crippen molar-refractivity contribution >= 4 is 28.9 Å². The molecular formula is C22H21N3O7S. The van der Waals surface area contributed by atoms with Crippen molar-refractivity contribution in [3.8, 4) is 11.5 Å². The molecule has 33 heavy (non-hydrogen) atoms. The molecule has 0 aliphatic heterocycles. The summed E-state index contributed by atoms with van der Waals surface area (Å²) in [6.07, 6.45) is 0.465. The first kappa shape index (κ1) is 23.7. The highest BCUT2D eigenvalue weighted by atomic mass is 32.1. The number of nitro groups is 1. The van der Waals surface area contributed by atoms with E-state index in [0.29, 0.717) is 17.7 Å². The number of carbonyl (C=O) groups excluding carboxylic acids is 2. The van der Waals surface area contributed by atoms with Gasteiger partial charge in [0.15, 0.2) is 11.5 Å². The fourth-order valence-electron chi connectivity index (χ4n) is 2.96. The SMILES string of the molecule is COC(=O)c1ccc(CCNC(=O)c2cc(OC)c(OCc3cscn3)cc2[N+](=O)[O-])cc1. The number of amides is 1. The van der Waals surface area contributed by atoms with E-state index in [-0.39, 0.29) is 30.2 Å². The molecule has 1 amide bonds. The first-order chi connectivity index (χ1) is 15.9. The maximum atomic E-state index is 12.7. The maximum Gasteiger partial charge on any atom is 0.337 e. The average molecular weight is 471 g/mol. The number of aromatic nitrogens is 1. The minimum Gasteiger partial charge on any atom is -0.493 e. The third kappa shape index (κ3) is 6.04. The summed E-state index contributed by atoms with van der Waals surface area (Å²) in [4.78, 5) is 39.2. The molecule has 0 aliphatic rings. The van der Waals surface area contributed by atoms with E-state index in [1.165, 1.54) is 37.7 Å². The number of hydrogen-bond acceptors (Lipinski definition) is 9. The lowest BCUT2D eigenvalue weighted by molar-refractivity contribution is -0.385. The lowest BCUT2D eigenvalue weighted by atomic mass is 10.1. The zero-order valence-corrected chi connectivity index (χ0v) is 18.7. The van der Waals surface area contributed by atoms with E-state index < -0.39 is 22.5 Å². The highest BCUT2D eigenvalue weighted by Gasteiger charge is 2.25. The van der Waals surface area contributed by atoms with E-state index in [1.54, 1.807) is 35.2 Å². The number of methoxy groups -OCH3 is 2. The first-order valence-electron chi connectivity index (χ1n) is 9.74. The van der Waals surface area contributed by atoms with Gasteiger partial charge in [0.05, 0.1) is 42.0 Å². The minimum atomic E-state index is -0.643. The van der Waals surface area contributed by atoms with Gasteiger partial charge in [-0.3, -0.25) is 14.9 Å². The quantitative estimate of drug-likeness (QED) is 0.271. The number of esters is 1. The monoisotopic (exact) mass is 471 g/mol. The van der Waals surface area contributed by atoms with Crippen molar-refractivity contribution in [2.24, 2.45) is 0 Å². The van der Waals surface area contributed by atoms with Gasteiger partial charge in [0.1, 0.15) is 12.2 Å². The molecule has 11 heteroatoms. The number of ether oxygens (including phenoxy) is 3. The van der Waals surface area contributed by atoms with Gasteiger partial charge in [-0.15, -0.1) is 11.3 Å². The molecule has 0 saturated heterocycles. The number of rotatable bonds is 10. The highest BCUT2D eigenvalue weighted by Crippen LogP contribution is 2.35. The summed E-state index contributed by atoms with van der Waals surface area (Å²) in [5.74, 6) is -0.717. The Morgan fingerprint density at radius 3 is 2.52 bits per heavy atom. The van der Waals surface area contributed by atoms with E-state index in [2.05, 4.69) is 15.0 Å². The third-order valence-electron chi connectivity index (χ3n) is 4.66. The van der Waals surface area contributed by atoms with E-state index in [1.807, 2.05) is 0 Å². The standard InChI is InChI=1S/C22H21N3O7S/c1-30-19-9-17(18(25(28)29)10-20(19)32-11-16-12-33-13-24-16)21(26)23-8-7-14-3-5-15(6-4-14)22(27)31-2/h3-6,9-10,12-13H,7-8,11H2,1-2H3,(H,23,26). The molecule has 10 nitrogen and oxygen atoms in total. The average Bonchev–Trinajstić information content (AvgIpc) is 3.35. The number of hydrogen-bond donors (Lipinski definition) is 1. The minimum absolute atomic E-state index is 0.108. The van der Waals surface area contributed by atoms with Crippen LogP contribution in [0.2, 0.25) is 0 Å². The maximum absolute atomic E-state index is 12.7. The van der Waals surface area contributed by atoms with E-state index in [4.69, 9.17) is 9.47 Å². The molecule has 2 aromatic carbocycles. The highest BCUT2D eigenvalue weighted by molar-refractivity contribution is 7.07. The fourth-order valence-corrected chi connectivity index (χ4v) is 3.50. The van der Waals surface area contributed by atoms with Gasteiger partial charge in [-0.25, -0.2) is 9.78 Å². The summed E-state index contributed by atoms with van der Waals surface area (Å²) >= 11 is 1.40. The van der Waals surface area contributed by atoms with Crippen LogP contribution >= 0.6 is 11.3 Å². The van der Waals surface area contributed by atoms with Crippen LogP contribution in [-0.4, -0.2) is 42.5 Å². The number of nitrogens with zero attached hydrogens (tertiary/aromatic N) is 2. The molecule has 1 N–H and O–H groups in total. The van der Waals surface area contributed by atoms with Gasteiger partial charge < -0.3 is 19.5 Å².